The zero-order valence-corrected chi connectivity index (χ0v) is 41.8. The van der Waals surface area contributed by atoms with E-state index in [2.05, 4.69) is 0 Å². The van der Waals surface area contributed by atoms with Crippen molar-refractivity contribution in [2.24, 2.45) is 0 Å². The van der Waals surface area contributed by atoms with Crippen LogP contribution in [0, 0.1) is 0 Å². The topological polar surface area (TPSA) is 402 Å². The molecule has 426 valence electrons. The molecule has 3 fully saturated rings. The van der Waals surface area contributed by atoms with Gasteiger partial charge in [0.15, 0.2) is 47.3 Å². The number of fused-ring (bicyclic) bond motifs is 1. The highest BCUT2D eigenvalue weighted by molar-refractivity contribution is 5.88. The minimum Gasteiger partial charge on any atom is -0.571 e. The van der Waals surface area contributed by atoms with Gasteiger partial charge in [0.1, 0.15) is 90.5 Å². The van der Waals surface area contributed by atoms with E-state index in [1.54, 1.807) is 0 Å². The molecular weight excluding hydrogens is 1050 g/mol. The highest BCUT2D eigenvalue weighted by Gasteiger charge is 2.54. The molecule has 3 saturated heterocycles. The third-order valence-corrected chi connectivity index (χ3v) is 13.1. The van der Waals surface area contributed by atoms with Crippen LogP contribution in [0.3, 0.4) is 0 Å². The van der Waals surface area contributed by atoms with Crippen LogP contribution in [0.4, 0.5) is 0 Å². The quantitative estimate of drug-likeness (QED) is 0.0330. The van der Waals surface area contributed by atoms with Crippen LogP contribution in [0.25, 0.3) is 18.2 Å². The van der Waals surface area contributed by atoms with Crippen LogP contribution in [-0.2, 0) is 42.7 Å². The van der Waals surface area contributed by atoms with Gasteiger partial charge in [0.25, 0.3) is 11.9 Å². The Morgan fingerprint density at radius 1 is 0.570 bits per heavy atom. The highest BCUT2D eigenvalue weighted by Crippen LogP contribution is 2.47. The number of aliphatic hydroxyl groups excluding tert-OH is 9. The maximum absolute atomic E-state index is 13.4. The van der Waals surface area contributed by atoms with Crippen LogP contribution in [0.5, 0.6) is 46.0 Å². The van der Waals surface area contributed by atoms with Gasteiger partial charge in [-0.15, -0.1) is 0 Å². The van der Waals surface area contributed by atoms with E-state index >= 15 is 0 Å². The number of phenols is 4. The molecule has 4 aromatic carbocycles. The molecule has 0 radical (unpaired) electrons. The predicted molar refractivity (Wildman–Crippen MR) is 266 cm³/mol. The van der Waals surface area contributed by atoms with Crippen molar-refractivity contribution < 1.29 is 128 Å². The van der Waals surface area contributed by atoms with E-state index in [0.717, 1.165) is 18.2 Å². The molecule has 4 heterocycles. The second kappa shape index (κ2) is 25.2. The summed E-state index contributed by atoms with van der Waals surface area (Å²) >= 11 is 0. The number of esters is 2. The fourth-order valence-electron chi connectivity index (χ4n) is 8.83. The molecule has 16 atom stereocenters. The number of carbonyl (C=O) groups is 2. The van der Waals surface area contributed by atoms with Gasteiger partial charge in [0.05, 0.1) is 39.1 Å². The predicted octanol–water partition coefficient (Wildman–Crippen LogP) is -0.789. The number of benzene rings is 4. The minimum absolute atomic E-state index is 0.00135. The molecule has 26 nitrogen and oxygen atoms in total. The number of ether oxygens (including phenoxy) is 11. The summed E-state index contributed by atoms with van der Waals surface area (Å²) in [7, 11) is 2.64. The average molecular weight is 1110 g/mol. The first-order chi connectivity index (χ1) is 37.8. The van der Waals surface area contributed by atoms with E-state index in [-0.39, 0.29) is 51.6 Å². The van der Waals surface area contributed by atoms with Crippen LogP contribution in [0.1, 0.15) is 28.4 Å². The first-order valence-electron chi connectivity index (χ1n) is 24.3. The Balaban J connectivity index is 1.15. The lowest BCUT2D eigenvalue weighted by Gasteiger charge is -2.46. The summed E-state index contributed by atoms with van der Waals surface area (Å²) in [5.74, 6) is -3.31. The first-order valence-corrected chi connectivity index (χ1v) is 24.3. The van der Waals surface area contributed by atoms with E-state index in [4.69, 9.17) is 52.1 Å². The van der Waals surface area contributed by atoms with Gasteiger partial charge in [-0.1, -0.05) is 12.1 Å². The summed E-state index contributed by atoms with van der Waals surface area (Å²) in [6.45, 7) is -2.50. The minimum atomic E-state index is -2.13. The second-order valence-electron chi connectivity index (χ2n) is 18.4. The van der Waals surface area contributed by atoms with Crippen LogP contribution in [0.15, 0.2) is 90.7 Å². The first kappa shape index (κ1) is 57.9. The van der Waals surface area contributed by atoms with E-state index in [0.29, 0.717) is 16.7 Å². The van der Waals surface area contributed by atoms with E-state index in [1.807, 2.05) is 0 Å². The molecule has 0 amide bonds. The van der Waals surface area contributed by atoms with Crippen LogP contribution in [-0.4, -0.2) is 209 Å². The van der Waals surface area contributed by atoms with Crippen LogP contribution in [0.2, 0.25) is 0 Å². The molecule has 4 aliphatic rings. The summed E-state index contributed by atoms with van der Waals surface area (Å²) in [4.78, 5) is 26.5. The second-order valence-corrected chi connectivity index (χ2v) is 18.4. The average Bonchev–Trinajstić information content (AvgIpc) is 3.44. The number of aliphatic hydroxyl groups is 10. The Morgan fingerprint density at radius 3 is 1.73 bits per heavy atom. The van der Waals surface area contributed by atoms with Crippen molar-refractivity contribution in [1.29, 1.82) is 0 Å². The van der Waals surface area contributed by atoms with Gasteiger partial charge in [-0.25, -0.2) is 9.59 Å². The number of methoxy groups -OCH3 is 2. The van der Waals surface area contributed by atoms with Gasteiger partial charge >= 0.3 is 11.9 Å². The summed E-state index contributed by atoms with van der Waals surface area (Å²) in [6.07, 6.45) is -23.4. The number of carbonyl (C=O) groups excluding carboxylic acids is 2. The SMILES string of the molecule is COc1cc(C=CC(=O)OCC2OC(OC3=Cc4c(OC5OC(CO)C(O)C(O)C5O)cc(O)cc4[OH+]C3c3ccc(O)cc3)C(OC3OC(CO)C(O)C(O)C3OC(=O)C=Cc3ccc(O)c(OC)c3)C(O)C2O)ccc1O. The van der Waals surface area contributed by atoms with Crippen molar-refractivity contribution in [1.82, 2.24) is 0 Å². The molecule has 0 aromatic heterocycles. The molecule has 0 aliphatic carbocycles. The van der Waals surface area contributed by atoms with Gasteiger partial charge in [0.2, 0.25) is 12.6 Å². The molecular formula is C53H59O26+. The van der Waals surface area contributed by atoms with Gasteiger partial charge in [-0.3, -0.25) is 0 Å². The standard InChI is InChI=1S/C53H58O26/c1-69-33-15-23(3-11-29(33)58)5-13-39(60)71-22-38-43(64)46(67)50(79-53-49(45(66)42(63)37(21-55)76-53)78-40(61)14-6-24-4-12-30(59)34(16-24)70-2)52(77-38)74-35-19-28-31(72-48(35)25-7-9-26(56)10-8-25)17-27(57)18-32(28)73-51-47(68)44(65)41(62)36(20-54)75-51/h3-19,36-38,41-59,62-68H,20-22H2,1-2H3/p+1. The summed E-state index contributed by atoms with van der Waals surface area (Å²) in [5.41, 5.74) is 1.09. The number of phenolic OH excluding ortho intramolecular Hbond substituents is 4. The third-order valence-electron chi connectivity index (χ3n) is 13.1. The summed E-state index contributed by atoms with van der Waals surface area (Å²) < 4.78 is 62.4. The smallest absolute Gasteiger partial charge is 0.331 e. The Morgan fingerprint density at radius 2 is 1.13 bits per heavy atom. The van der Waals surface area contributed by atoms with E-state index in [9.17, 15) is 76.0 Å². The maximum atomic E-state index is 13.4. The molecule has 0 spiro atoms. The molecule has 26 heteroatoms. The van der Waals surface area contributed by atoms with Crippen LogP contribution < -0.4 is 14.2 Å². The number of rotatable bonds is 18. The Hall–Kier alpha value is -7.28. The molecule has 8 rings (SSSR count). The Bertz CT molecular complexity index is 2850. The molecule has 4 aromatic rings. The third kappa shape index (κ3) is 13.1. The molecule has 79 heavy (non-hydrogen) atoms. The highest BCUT2D eigenvalue weighted by atomic mass is 16.8. The largest absolute Gasteiger partial charge is 0.571 e. The van der Waals surface area contributed by atoms with Crippen molar-refractivity contribution in [2.45, 2.75) is 98.2 Å². The van der Waals surface area contributed by atoms with Gasteiger partial charge < -0.3 is 118 Å². The van der Waals surface area contributed by atoms with E-state index in [1.165, 1.54) is 99.2 Å². The van der Waals surface area contributed by atoms with Crippen molar-refractivity contribution in [2.75, 3.05) is 34.0 Å². The lowest BCUT2D eigenvalue weighted by molar-refractivity contribution is -0.364. The number of aromatic hydroxyl groups is 5. The number of hydrogen-bond acceptors (Lipinski definition) is 25. The zero-order valence-electron chi connectivity index (χ0n) is 41.8. The monoisotopic (exact) mass is 1110 g/mol. The van der Waals surface area contributed by atoms with Gasteiger partial charge in [0, 0.05) is 24.3 Å². The normalized spacial score (nSPS) is 30.6. The Kier molecular flexibility index (Phi) is 18.5. The van der Waals surface area contributed by atoms with Crippen molar-refractivity contribution in [3.05, 3.63) is 113 Å². The van der Waals surface area contributed by atoms with Crippen molar-refractivity contribution in [3.8, 4) is 46.0 Å². The van der Waals surface area contributed by atoms with E-state index < -0.39 is 136 Å². The lowest BCUT2D eigenvalue weighted by Crippen LogP contribution is -2.65. The number of hydrogen-bond donors (Lipinski definition) is 13. The van der Waals surface area contributed by atoms with Gasteiger partial charge in [-0.05, 0) is 71.8 Å². The molecule has 0 saturated carbocycles. The maximum Gasteiger partial charge on any atom is 0.331 e. The molecule has 4 aliphatic heterocycles. The molecule has 14 N–H and O–H groups in total. The Labute approximate surface area is 448 Å². The lowest BCUT2D eigenvalue weighted by atomic mass is 9.96. The zero-order chi connectivity index (χ0) is 56.8. The van der Waals surface area contributed by atoms with Gasteiger partial charge in [-0.2, -0.15) is 0 Å². The fraction of sp³-hybridized carbons (Fsp3) is 0.396. The fourth-order valence-corrected chi connectivity index (χ4v) is 8.83. The van der Waals surface area contributed by atoms with Crippen molar-refractivity contribution >= 4 is 30.2 Å². The van der Waals surface area contributed by atoms with Crippen molar-refractivity contribution in [3.63, 3.8) is 0 Å². The molecule has 0 bridgehead atoms. The summed E-state index contributed by atoms with van der Waals surface area (Å²) in [5, 5.41) is 139. The molecule has 16 unspecified atom stereocenters. The summed E-state index contributed by atoms with van der Waals surface area (Å²) in [6, 6.07) is 16.3. The van der Waals surface area contributed by atoms with Crippen LogP contribution >= 0.6 is 0 Å².